The Hall–Kier alpha value is -0.870. The Morgan fingerprint density at radius 2 is 2.29 bits per heavy atom. The maximum atomic E-state index is 6.14. The number of nitrogens with two attached hydrogens (primary N) is 1. The van der Waals surface area contributed by atoms with Gasteiger partial charge in [0.2, 0.25) is 0 Å². The standard InChI is InChI=1S/C13H16BrN3/c1-9-11(2-4-13(15)5-6-13)17-7-3-10(14)8-12(17)16-9/h3,7-8H,2,4-6,15H2,1H3. The van der Waals surface area contributed by atoms with Crippen molar-refractivity contribution in [3.05, 3.63) is 34.2 Å². The molecule has 0 aromatic carbocycles. The first kappa shape index (κ1) is 11.2. The number of hydrogen-bond donors (Lipinski definition) is 1. The van der Waals surface area contributed by atoms with Crippen LogP contribution in [0.2, 0.25) is 0 Å². The summed E-state index contributed by atoms with van der Waals surface area (Å²) in [6, 6.07) is 4.10. The predicted molar refractivity (Wildman–Crippen MR) is 72.1 cm³/mol. The quantitative estimate of drug-likeness (QED) is 0.946. The number of aromatic nitrogens is 2. The zero-order valence-electron chi connectivity index (χ0n) is 9.91. The number of halogens is 1. The van der Waals surface area contributed by atoms with Gasteiger partial charge in [-0.1, -0.05) is 15.9 Å². The highest BCUT2D eigenvalue weighted by atomic mass is 79.9. The summed E-state index contributed by atoms with van der Waals surface area (Å²) in [6.45, 7) is 2.08. The summed E-state index contributed by atoms with van der Waals surface area (Å²) in [6.07, 6.45) is 6.51. The molecule has 0 aliphatic heterocycles. The lowest BCUT2D eigenvalue weighted by molar-refractivity contribution is 0.600. The molecule has 1 saturated carbocycles. The molecule has 2 heterocycles. The number of aryl methyl sites for hydroxylation is 2. The van der Waals surface area contributed by atoms with Gasteiger partial charge in [0.15, 0.2) is 0 Å². The third kappa shape index (κ3) is 2.11. The van der Waals surface area contributed by atoms with Crippen LogP contribution in [0.3, 0.4) is 0 Å². The third-order valence-electron chi connectivity index (χ3n) is 3.64. The number of hydrogen-bond acceptors (Lipinski definition) is 2. The van der Waals surface area contributed by atoms with Crippen molar-refractivity contribution >= 4 is 21.6 Å². The van der Waals surface area contributed by atoms with Crippen molar-refractivity contribution in [1.29, 1.82) is 0 Å². The van der Waals surface area contributed by atoms with Gasteiger partial charge in [-0.2, -0.15) is 0 Å². The van der Waals surface area contributed by atoms with Gasteiger partial charge < -0.3 is 10.1 Å². The SMILES string of the molecule is Cc1nc2cc(Br)ccn2c1CCC1(N)CC1. The fourth-order valence-corrected chi connectivity index (χ4v) is 2.59. The lowest BCUT2D eigenvalue weighted by atomic mass is 10.1. The lowest BCUT2D eigenvalue weighted by Gasteiger charge is -2.08. The molecular formula is C13H16BrN3. The number of imidazole rings is 1. The first-order valence-electron chi connectivity index (χ1n) is 5.99. The van der Waals surface area contributed by atoms with Crippen LogP contribution in [-0.2, 0) is 6.42 Å². The average Bonchev–Trinajstić information content (AvgIpc) is 2.91. The predicted octanol–water partition coefficient (Wildman–Crippen LogP) is 2.83. The number of nitrogens with zero attached hydrogens (tertiary/aromatic N) is 2. The van der Waals surface area contributed by atoms with Gasteiger partial charge in [-0.3, -0.25) is 0 Å². The molecule has 2 N–H and O–H groups in total. The van der Waals surface area contributed by atoms with E-state index in [2.05, 4.69) is 38.4 Å². The second kappa shape index (κ2) is 3.82. The van der Waals surface area contributed by atoms with Crippen LogP contribution in [0.1, 0.15) is 30.7 Å². The minimum atomic E-state index is 0.117. The molecule has 3 rings (SSSR count). The molecule has 2 aromatic heterocycles. The molecule has 0 unspecified atom stereocenters. The molecule has 17 heavy (non-hydrogen) atoms. The van der Waals surface area contributed by atoms with Gasteiger partial charge in [0.05, 0.1) is 5.69 Å². The van der Waals surface area contributed by atoms with Crippen molar-refractivity contribution in [2.75, 3.05) is 0 Å². The molecule has 0 bridgehead atoms. The topological polar surface area (TPSA) is 43.3 Å². The molecule has 0 saturated heterocycles. The van der Waals surface area contributed by atoms with Crippen molar-refractivity contribution < 1.29 is 0 Å². The van der Waals surface area contributed by atoms with Crippen LogP contribution in [0, 0.1) is 6.92 Å². The molecule has 0 amide bonds. The van der Waals surface area contributed by atoms with Crippen LogP contribution in [0.4, 0.5) is 0 Å². The second-order valence-electron chi connectivity index (χ2n) is 5.08. The first-order chi connectivity index (χ1) is 8.07. The van der Waals surface area contributed by atoms with Gasteiger partial charge in [0.25, 0.3) is 0 Å². The van der Waals surface area contributed by atoms with E-state index in [-0.39, 0.29) is 5.54 Å². The molecule has 4 heteroatoms. The Balaban J connectivity index is 1.94. The van der Waals surface area contributed by atoms with Crippen LogP contribution in [0.25, 0.3) is 5.65 Å². The second-order valence-corrected chi connectivity index (χ2v) is 6.00. The Morgan fingerprint density at radius 3 is 3.00 bits per heavy atom. The zero-order chi connectivity index (χ0) is 12.0. The number of rotatable bonds is 3. The van der Waals surface area contributed by atoms with Gasteiger partial charge in [-0.25, -0.2) is 4.98 Å². The van der Waals surface area contributed by atoms with Crippen LogP contribution in [-0.4, -0.2) is 14.9 Å². The van der Waals surface area contributed by atoms with Crippen molar-refractivity contribution in [3.63, 3.8) is 0 Å². The Labute approximate surface area is 109 Å². The van der Waals surface area contributed by atoms with Gasteiger partial charge in [-0.05, 0) is 44.7 Å². The van der Waals surface area contributed by atoms with Gasteiger partial charge in [0.1, 0.15) is 5.65 Å². The summed E-state index contributed by atoms with van der Waals surface area (Å²) in [5.41, 5.74) is 9.68. The monoisotopic (exact) mass is 293 g/mol. The van der Waals surface area contributed by atoms with Crippen LogP contribution < -0.4 is 5.73 Å². The van der Waals surface area contributed by atoms with Crippen LogP contribution in [0.15, 0.2) is 22.8 Å². The van der Waals surface area contributed by atoms with Crippen molar-refractivity contribution in [2.45, 2.75) is 38.1 Å². The van der Waals surface area contributed by atoms with E-state index in [0.717, 1.165) is 28.7 Å². The molecule has 1 fully saturated rings. The van der Waals surface area contributed by atoms with E-state index in [1.807, 2.05) is 12.1 Å². The highest BCUT2D eigenvalue weighted by Gasteiger charge is 2.37. The van der Waals surface area contributed by atoms with E-state index in [4.69, 9.17) is 5.73 Å². The highest BCUT2D eigenvalue weighted by molar-refractivity contribution is 9.10. The van der Waals surface area contributed by atoms with Crippen LogP contribution in [0.5, 0.6) is 0 Å². The molecule has 2 aromatic rings. The maximum Gasteiger partial charge on any atom is 0.138 e. The normalized spacial score (nSPS) is 17.6. The van der Waals surface area contributed by atoms with E-state index in [9.17, 15) is 0 Å². The van der Waals surface area contributed by atoms with Gasteiger partial charge >= 0.3 is 0 Å². The zero-order valence-corrected chi connectivity index (χ0v) is 11.5. The summed E-state index contributed by atoms with van der Waals surface area (Å²) in [5.74, 6) is 0. The molecule has 0 atom stereocenters. The van der Waals surface area contributed by atoms with Crippen LogP contribution >= 0.6 is 15.9 Å². The molecule has 1 aliphatic rings. The van der Waals surface area contributed by atoms with Crippen molar-refractivity contribution in [2.24, 2.45) is 5.73 Å². The highest BCUT2D eigenvalue weighted by Crippen LogP contribution is 2.36. The average molecular weight is 294 g/mol. The summed E-state index contributed by atoms with van der Waals surface area (Å²) in [5, 5.41) is 0. The Kier molecular flexibility index (Phi) is 2.52. The molecule has 1 aliphatic carbocycles. The summed E-state index contributed by atoms with van der Waals surface area (Å²) < 4.78 is 3.24. The summed E-state index contributed by atoms with van der Waals surface area (Å²) in [4.78, 5) is 4.59. The largest absolute Gasteiger partial charge is 0.325 e. The summed E-state index contributed by atoms with van der Waals surface area (Å²) >= 11 is 3.47. The van der Waals surface area contributed by atoms with Crippen molar-refractivity contribution in [3.8, 4) is 0 Å². The maximum absolute atomic E-state index is 6.14. The fraction of sp³-hybridized carbons (Fsp3) is 0.462. The minimum Gasteiger partial charge on any atom is -0.325 e. The van der Waals surface area contributed by atoms with Gasteiger partial charge in [-0.15, -0.1) is 0 Å². The van der Waals surface area contributed by atoms with E-state index >= 15 is 0 Å². The molecule has 90 valence electrons. The number of fused-ring (bicyclic) bond motifs is 1. The first-order valence-corrected chi connectivity index (χ1v) is 6.79. The smallest absolute Gasteiger partial charge is 0.138 e. The van der Waals surface area contributed by atoms with Crippen molar-refractivity contribution in [1.82, 2.24) is 9.38 Å². The van der Waals surface area contributed by atoms with E-state index in [1.54, 1.807) is 0 Å². The van der Waals surface area contributed by atoms with E-state index < -0.39 is 0 Å². The van der Waals surface area contributed by atoms with E-state index in [1.165, 1.54) is 18.5 Å². The fourth-order valence-electron chi connectivity index (χ4n) is 2.27. The third-order valence-corrected chi connectivity index (χ3v) is 4.13. The van der Waals surface area contributed by atoms with Gasteiger partial charge in [0, 0.05) is 21.9 Å². The molecular weight excluding hydrogens is 278 g/mol. The van der Waals surface area contributed by atoms with E-state index in [0.29, 0.717) is 0 Å². The number of pyridine rings is 1. The molecule has 0 spiro atoms. The Bertz CT molecular complexity index is 569. The summed E-state index contributed by atoms with van der Waals surface area (Å²) in [7, 11) is 0. The minimum absolute atomic E-state index is 0.117. The molecule has 3 nitrogen and oxygen atoms in total. The molecule has 0 radical (unpaired) electrons. The lowest BCUT2D eigenvalue weighted by Crippen LogP contribution is -2.22. The Morgan fingerprint density at radius 1 is 1.53 bits per heavy atom.